The molecule has 0 atom stereocenters. The Bertz CT molecular complexity index is 981. The third kappa shape index (κ3) is 3.39. The van der Waals surface area contributed by atoms with Crippen molar-refractivity contribution in [2.75, 3.05) is 0 Å². The average molecular weight is 349 g/mol. The average Bonchev–Trinajstić information content (AvgIpc) is 3.38. The summed E-state index contributed by atoms with van der Waals surface area (Å²) < 4.78 is 5.27. The minimum Gasteiger partial charge on any atom is -0.467 e. The number of hydrogen-bond donors (Lipinski definition) is 2. The highest BCUT2D eigenvalue weighted by Crippen LogP contribution is 2.21. The lowest BCUT2D eigenvalue weighted by Gasteiger charge is -2.06. The van der Waals surface area contributed by atoms with Crippen molar-refractivity contribution in [2.45, 2.75) is 6.54 Å². The van der Waals surface area contributed by atoms with Crippen LogP contribution in [0.5, 0.6) is 0 Å². The van der Waals surface area contributed by atoms with E-state index in [9.17, 15) is 4.79 Å². The summed E-state index contributed by atoms with van der Waals surface area (Å²) in [6.07, 6.45) is 3.43. The van der Waals surface area contributed by atoms with Crippen LogP contribution in [0.2, 0.25) is 0 Å². The molecule has 3 heterocycles. The Labute approximate surface area is 148 Å². The van der Waals surface area contributed by atoms with E-state index in [1.165, 1.54) is 0 Å². The van der Waals surface area contributed by atoms with E-state index < -0.39 is 0 Å². The molecule has 6 heteroatoms. The van der Waals surface area contributed by atoms with E-state index in [4.69, 9.17) is 4.42 Å². The first-order chi connectivity index (χ1) is 12.3. The van der Waals surface area contributed by atoms with Crippen molar-refractivity contribution in [3.05, 3.63) is 76.6 Å². The summed E-state index contributed by atoms with van der Waals surface area (Å²) in [6.45, 7) is 0.326. The van der Waals surface area contributed by atoms with E-state index >= 15 is 0 Å². The molecule has 2 N–H and O–H groups in total. The van der Waals surface area contributed by atoms with Crippen molar-refractivity contribution < 1.29 is 9.21 Å². The second-order valence-electron chi connectivity index (χ2n) is 5.48. The predicted octanol–water partition coefficient (Wildman–Crippen LogP) is 4.07. The van der Waals surface area contributed by atoms with Crippen molar-refractivity contribution in [1.29, 1.82) is 0 Å². The van der Waals surface area contributed by atoms with Crippen LogP contribution in [-0.4, -0.2) is 15.9 Å². The number of H-pyrrole nitrogens is 1. The van der Waals surface area contributed by atoms with Gasteiger partial charge in [-0.25, -0.2) is 4.98 Å². The second kappa shape index (κ2) is 6.78. The van der Waals surface area contributed by atoms with Gasteiger partial charge in [-0.2, -0.15) is 11.3 Å². The monoisotopic (exact) mass is 349 g/mol. The van der Waals surface area contributed by atoms with E-state index in [0.717, 1.165) is 16.6 Å². The van der Waals surface area contributed by atoms with Gasteiger partial charge in [0.15, 0.2) is 0 Å². The summed E-state index contributed by atoms with van der Waals surface area (Å²) in [7, 11) is 0. The van der Waals surface area contributed by atoms with Crippen LogP contribution in [-0.2, 0) is 11.3 Å². The molecule has 0 aliphatic heterocycles. The first kappa shape index (κ1) is 15.4. The molecule has 0 bridgehead atoms. The molecule has 0 radical (unpaired) electrons. The summed E-state index contributed by atoms with van der Waals surface area (Å²) in [5, 5.41) is 6.85. The number of carbonyl (C=O) groups is 1. The van der Waals surface area contributed by atoms with Gasteiger partial charge in [0.05, 0.1) is 29.4 Å². The molecule has 0 unspecified atom stereocenters. The number of aromatic nitrogens is 2. The summed E-state index contributed by atoms with van der Waals surface area (Å²) in [6, 6.07) is 13.3. The number of imidazole rings is 1. The van der Waals surface area contributed by atoms with Crippen molar-refractivity contribution in [2.24, 2.45) is 0 Å². The molecule has 4 aromatic rings. The van der Waals surface area contributed by atoms with E-state index in [-0.39, 0.29) is 5.91 Å². The Kier molecular flexibility index (Phi) is 4.18. The van der Waals surface area contributed by atoms with Gasteiger partial charge in [0, 0.05) is 0 Å². The lowest BCUT2D eigenvalue weighted by atomic mass is 10.1. The van der Waals surface area contributed by atoms with Crippen molar-refractivity contribution in [3.63, 3.8) is 0 Å². The molecule has 1 amide bonds. The zero-order chi connectivity index (χ0) is 17.1. The molecule has 25 heavy (non-hydrogen) atoms. The van der Waals surface area contributed by atoms with Gasteiger partial charge in [-0.3, -0.25) is 4.79 Å². The lowest BCUT2D eigenvalue weighted by molar-refractivity contribution is -0.115. The topological polar surface area (TPSA) is 70.9 Å². The van der Waals surface area contributed by atoms with Crippen LogP contribution in [0.25, 0.3) is 22.7 Å². The maximum absolute atomic E-state index is 12.8. The number of para-hydroxylation sites is 2. The van der Waals surface area contributed by atoms with Gasteiger partial charge >= 0.3 is 0 Å². The van der Waals surface area contributed by atoms with Crippen molar-refractivity contribution in [1.82, 2.24) is 15.3 Å². The molecule has 5 nitrogen and oxygen atoms in total. The number of hydrogen-bond acceptors (Lipinski definition) is 4. The highest BCUT2D eigenvalue weighted by atomic mass is 32.1. The minimum absolute atomic E-state index is 0.207. The third-order valence-corrected chi connectivity index (χ3v) is 4.45. The molecule has 4 rings (SSSR count). The van der Waals surface area contributed by atoms with Gasteiger partial charge < -0.3 is 14.7 Å². The first-order valence-corrected chi connectivity index (χ1v) is 8.73. The fourth-order valence-electron chi connectivity index (χ4n) is 2.52. The number of furan rings is 1. The molecule has 0 saturated carbocycles. The zero-order valence-corrected chi connectivity index (χ0v) is 14.0. The number of nitrogens with zero attached hydrogens (tertiary/aromatic N) is 1. The van der Waals surface area contributed by atoms with Gasteiger partial charge in [-0.05, 0) is 52.7 Å². The van der Waals surface area contributed by atoms with Crippen LogP contribution >= 0.6 is 11.3 Å². The quantitative estimate of drug-likeness (QED) is 0.534. The number of fused-ring (bicyclic) bond motifs is 1. The second-order valence-corrected chi connectivity index (χ2v) is 6.26. The molecular formula is C19H15N3O2S. The van der Waals surface area contributed by atoms with Crippen LogP contribution in [0.1, 0.15) is 17.1 Å². The molecule has 0 fully saturated rings. The van der Waals surface area contributed by atoms with Gasteiger partial charge in [-0.15, -0.1) is 0 Å². The number of carbonyl (C=O) groups excluding carboxylic acids is 1. The number of benzene rings is 1. The molecule has 0 aliphatic carbocycles. The van der Waals surface area contributed by atoms with Crippen LogP contribution in [0.15, 0.2) is 63.9 Å². The summed E-state index contributed by atoms with van der Waals surface area (Å²) >= 11 is 1.58. The van der Waals surface area contributed by atoms with Crippen molar-refractivity contribution in [3.8, 4) is 0 Å². The van der Waals surface area contributed by atoms with Crippen LogP contribution in [0, 0.1) is 0 Å². The molecule has 0 aliphatic rings. The molecule has 1 aromatic carbocycles. The van der Waals surface area contributed by atoms with Gasteiger partial charge in [0.1, 0.15) is 11.6 Å². The minimum atomic E-state index is -0.207. The van der Waals surface area contributed by atoms with Crippen LogP contribution in [0.3, 0.4) is 0 Å². The van der Waals surface area contributed by atoms with Crippen LogP contribution < -0.4 is 5.32 Å². The first-order valence-electron chi connectivity index (χ1n) is 7.79. The fraction of sp³-hybridized carbons (Fsp3) is 0.0526. The number of nitrogens with one attached hydrogen (secondary N) is 2. The lowest BCUT2D eigenvalue weighted by Crippen LogP contribution is -2.24. The van der Waals surface area contributed by atoms with E-state index in [0.29, 0.717) is 23.7 Å². The summed E-state index contributed by atoms with van der Waals surface area (Å²) in [4.78, 5) is 20.5. The maximum atomic E-state index is 12.8. The van der Waals surface area contributed by atoms with E-state index in [1.807, 2.05) is 53.2 Å². The molecule has 0 saturated heterocycles. The Morgan fingerprint density at radius 1 is 1.24 bits per heavy atom. The summed E-state index contributed by atoms with van der Waals surface area (Å²) in [5.74, 6) is 1.04. The molecular weight excluding hydrogens is 334 g/mol. The van der Waals surface area contributed by atoms with Crippen molar-refractivity contribution >= 4 is 39.9 Å². The number of aromatic amines is 1. The maximum Gasteiger partial charge on any atom is 0.255 e. The van der Waals surface area contributed by atoms with Gasteiger partial charge in [0.2, 0.25) is 0 Å². The highest BCUT2D eigenvalue weighted by molar-refractivity contribution is 7.08. The smallest absolute Gasteiger partial charge is 0.255 e. The van der Waals surface area contributed by atoms with Crippen LogP contribution in [0.4, 0.5) is 0 Å². The Morgan fingerprint density at radius 2 is 2.16 bits per heavy atom. The molecule has 3 aromatic heterocycles. The Morgan fingerprint density at radius 3 is 2.92 bits per heavy atom. The van der Waals surface area contributed by atoms with E-state index in [2.05, 4.69) is 15.3 Å². The summed E-state index contributed by atoms with van der Waals surface area (Å²) in [5.41, 5.74) is 3.18. The standard InChI is InChI=1S/C19H15N3O2S/c23-19(20-11-14-4-3-8-24-14)15(10-13-7-9-25-12-13)18-21-16-5-1-2-6-17(16)22-18/h1-10,12H,11H2,(H,20,23)(H,21,22). The highest BCUT2D eigenvalue weighted by Gasteiger charge is 2.16. The Balaban J connectivity index is 1.67. The normalized spacial score (nSPS) is 11.8. The number of thiophene rings is 1. The SMILES string of the molecule is O=C(NCc1ccco1)C(=Cc1ccsc1)c1nc2ccccc2[nH]1. The van der Waals surface area contributed by atoms with Gasteiger partial charge in [0.25, 0.3) is 5.91 Å². The zero-order valence-electron chi connectivity index (χ0n) is 13.2. The fourth-order valence-corrected chi connectivity index (χ4v) is 3.14. The molecule has 124 valence electrons. The number of rotatable bonds is 5. The Hall–Kier alpha value is -3.12. The largest absolute Gasteiger partial charge is 0.467 e. The van der Waals surface area contributed by atoms with Gasteiger partial charge in [-0.1, -0.05) is 12.1 Å². The third-order valence-electron chi connectivity index (χ3n) is 3.75. The molecule has 0 spiro atoms. The predicted molar refractivity (Wildman–Crippen MR) is 98.8 cm³/mol. The number of amides is 1. The van der Waals surface area contributed by atoms with E-state index in [1.54, 1.807) is 23.7 Å².